The first-order chi connectivity index (χ1) is 4.72. The summed E-state index contributed by atoms with van der Waals surface area (Å²) < 4.78 is 0. The first-order valence-electron chi connectivity index (χ1n) is 3.44. The number of ketones is 1. The molecule has 0 aliphatic rings. The number of carbonyl (C=O) groups is 1. The van der Waals surface area contributed by atoms with Gasteiger partial charge in [-0.05, 0) is 6.42 Å². The molecule has 0 bridgehead atoms. The van der Waals surface area contributed by atoms with E-state index in [0.717, 1.165) is 12.8 Å². The van der Waals surface area contributed by atoms with Crippen LogP contribution >= 0.6 is 0 Å². The maximum Gasteiger partial charge on any atom is 0.161 e. The zero-order valence-electron chi connectivity index (χ0n) is 6.26. The fourth-order valence-corrected chi connectivity index (χ4v) is 0.704. The summed E-state index contributed by atoms with van der Waals surface area (Å²) in [5, 5.41) is 0. The monoisotopic (exact) mass is 139 g/mol. The van der Waals surface area contributed by atoms with E-state index < -0.39 is 0 Å². The van der Waals surface area contributed by atoms with Crippen molar-refractivity contribution in [2.24, 2.45) is 5.73 Å². The van der Waals surface area contributed by atoms with Gasteiger partial charge in [-0.15, -0.1) is 6.42 Å². The van der Waals surface area contributed by atoms with Crippen molar-refractivity contribution in [2.75, 3.05) is 0 Å². The standard InChI is InChI=1S/C8H13NO/c1-3-5-7(9)8(10)6-4-2/h2,7H,3,5-6,9H2,1H3. The second-order valence-electron chi connectivity index (χ2n) is 2.24. The summed E-state index contributed by atoms with van der Waals surface area (Å²) in [5.41, 5.74) is 5.47. The number of nitrogens with two attached hydrogens (primary N) is 1. The molecule has 0 aliphatic heterocycles. The van der Waals surface area contributed by atoms with Gasteiger partial charge < -0.3 is 5.73 Å². The largest absolute Gasteiger partial charge is 0.321 e. The smallest absolute Gasteiger partial charge is 0.161 e. The molecule has 2 N–H and O–H groups in total. The van der Waals surface area contributed by atoms with Crippen molar-refractivity contribution in [3.05, 3.63) is 0 Å². The summed E-state index contributed by atoms with van der Waals surface area (Å²) in [6.07, 6.45) is 6.77. The molecule has 0 saturated heterocycles. The van der Waals surface area contributed by atoms with Gasteiger partial charge in [-0.1, -0.05) is 19.3 Å². The predicted molar refractivity (Wildman–Crippen MR) is 41.3 cm³/mol. The normalized spacial score (nSPS) is 12.1. The van der Waals surface area contributed by atoms with Crippen LogP contribution in [0, 0.1) is 12.3 Å². The van der Waals surface area contributed by atoms with Gasteiger partial charge >= 0.3 is 0 Å². The Morgan fingerprint density at radius 1 is 1.80 bits per heavy atom. The Labute approximate surface area is 61.8 Å². The van der Waals surface area contributed by atoms with Crippen molar-refractivity contribution in [1.29, 1.82) is 0 Å². The second-order valence-corrected chi connectivity index (χ2v) is 2.24. The van der Waals surface area contributed by atoms with Crippen molar-refractivity contribution in [1.82, 2.24) is 0 Å². The van der Waals surface area contributed by atoms with Gasteiger partial charge in [0.2, 0.25) is 0 Å². The van der Waals surface area contributed by atoms with Crippen LogP contribution in [-0.2, 0) is 4.79 Å². The Hall–Kier alpha value is -0.810. The molecule has 0 rings (SSSR count). The number of rotatable bonds is 4. The molecule has 0 amide bonds. The molecule has 1 unspecified atom stereocenters. The number of hydrogen-bond donors (Lipinski definition) is 1. The van der Waals surface area contributed by atoms with Gasteiger partial charge in [-0.2, -0.15) is 0 Å². The summed E-state index contributed by atoms with van der Waals surface area (Å²) >= 11 is 0. The van der Waals surface area contributed by atoms with Gasteiger partial charge in [0.25, 0.3) is 0 Å². The maximum absolute atomic E-state index is 10.9. The van der Waals surface area contributed by atoms with Crippen LogP contribution in [0.2, 0.25) is 0 Å². The Morgan fingerprint density at radius 3 is 2.80 bits per heavy atom. The van der Waals surface area contributed by atoms with Crippen LogP contribution in [0.25, 0.3) is 0 Å². The van der Waals surface area contributed by atoms with Crippen molar-refractivity contribution in [2.45, 2.75) is 32.2 Å². The molecule has 0 fully saturated rings. The minimum atomic E-state index is -0.346. The summed E-state index contributed by atoms with van der Waals surface area (Å²) in [7, 11) is 0. The quantitative estimate of drug-likeness (QED) is 0.583. The van der Waals surface area contributed by atoms with E-state index in [0.29, 0.717) is 0 Å². The van der Waals surface area contributed by atoms with Crippen molar-refractivity contribution in [3.8, 4) is 12.3 Å². The SMILES string of the molecule is C#CCC(=O)C(N)CCC. The lowest BCUT2D eigenvalue weighted by Crippen LogP contribution is -2.29. The van der Waals surface area contributed by atoms with E-state index in [4.69, 9.17) is 12.2 Å². The third-order valence-corrected chi connectivity index (χ3v) is 1.29. The molecule has 1 atom stereocenters. The predicted octanol–water partition coefficient (Wildman–Crippen LogP) is 0.706. The van der Waals surface area contributed by atoms with E-state index in [1.54, 1.807) is 0 Å². The van der Waals surface area contributed by atoms with Crippen LogP contribution in [0.3, 0.4) is 0 Å². The van der Waals surface area contributed by atoms with E-state index >= 15 is 0 Å². The third kappa shape index (κ3) is 3.26. The van der Waals surface area contributed by atoms with Gasteiger partial charge in [0.05, 0.1) is 12.5 Å². The zero-order chi connectivity index (χ0) is 7.98. The Bertz CT molecular complexity index is 146. The number of hydrogen-bond acceptors (Lipinski definition) is 2. The van der Waals surface area contributed by atoms with Crippen LogP contribution < -0.4 is 5.73 Å². The fourth-order valence-electron chi connectivity index (χ4n) is 0.704. The topological polar surface area (TPSA) is 43.1 Å². The first-order valence-corrected chi connectivity index (χ1v) is 3.44. The van der Waals surface area contributed by atoms with Crippen LogP contribution in [0.4, 0.5) is 0 Å². The van der Waals surface area contributed by atoms with Gasteiger partial charge in [-0.3, -0.25) is 4.79 Å². The molecule has 0 radical (unpaired) electrons. The summed E-state index contributed by atoms with van der Waals surface area (Å²) in [5.74, 6) is 2.25. The molecule has 10 heavy (non-hydrogen) atoms. The van der Waals surface area contributed by atoms with Gasteiger partial charge in [0.15, 0.2) is 5.78 Å². The van der Waals surface area contributed by atoms with E-state index in [-0.39, 0.29) is 18.2 Å². The summed E-state index contributed by atoms with van der Waals surface area (Å²) in [6, 6.07) is -0.346. The molecular weight excluding hydrogens is 126 g/mol. The lowest BCUT2D eigenvalue weighted by molar-refractivity contribution is -0.119. The first kappa shape index (κ1) is 9.19. The average molecular weight is 139 g/mol. The lowest BCUT2D eigenvalue weighted by Gasteiger charge is -2.04. The number of carbonyl (C=O) groups excluding carboxylic acids is 1. The number of Topliss-reactive ketones (excluding diaryl/α,β-unsaturated/α-hetero) is 1. The summed E-state index contributed by atoms with van der Waals surface area (Å²) in [6.45, 7) is 1.99. The highest BCUT2D eigenvalue weighted by Crippen LogP contribution is 1.96. The molecule has 0 heterocycles. The van der Waals surface area contributed by atoms with E-state index in [1.165, 1.54) is 0 Å². The van der Waals surface area contributed by atoms with E-state index in [1.807, 2.05) is 6.92 Å². The lowest BCUT2D eigenvalue weighted by atomic mass is 10.1. The zero-order valence-corrected chi connectivity index (χ0v) is 6.26. The highest BCUT2D eigenvalue weighted by molar-refractivity contribution is 5.85. The minimum Gasteiger partial charge on any atom is -0.321 e. The van der Waals surface area contributed by atoms with Crippen LogP contribution in [0.1, 0.15) is 26.2 Å². The summed E-state index contributed by atoms with van der Waals surface area (Å²) in [4.78, 5) is 10.9. The average Bonchev–Trinajstić information content (AvgIpc) is 1.89. The van der Waals surface area contributed by atoms with E-state index in [9.17, 15) is 4.79 Å². The fraction of sp³-hybridized carbons (Fsp3) is 0.625. The molecule has 56 valence electrons. The highest BCUT2D eigenvalue weighted by Gasteiger charge is 2.09. The van der Waals surface area contributed by atoms with Crippen LogP contribution in [0.15, 0.2) is 0 Å². The molecule has 0 saturated carbocycles. The molecule has 0 aliphatic carbocycles. The second kappa shape index (κ2) is 5.01. The van der Waals surface area contributed by atoms with E-state index in [2.05, 4.69) is 5.92 Å². The van der Waals surface area contributed by atoms with Gasteiger partial charge in [0.1, 0.15) is 0 Å². The van der Waals surface area contributed by atoms with Crippen LogP contribution in [-0.4, -0.2) is 11.8 Å². The molecule has 0 spiro atoms. The van der Waals surface area contributed by atoms with Crippen LogP contribution in [0.5, 0.6) is 0 Å². The van der Waals surface area contributed by atoms with Crippen molar-refractivity contribution in [3.63, 3.8) is 0 Å². The van der Waals surface area contributed by atoms with Crippen molar-refractivity contribution >= 4 is 5.78 Å². The molecule has 2 heteroatoms. The molecule has 0 aromatic carbocycles. The van der Waals surface area contributed by atoms with Gasteiger partial charge in [-0.25, -0.2) is 0 Å². The maximum atomic E-state index is 10.9. The van der Waals surface area contributed by atoms with Crippen molar-refractivity contribution < 1.29 is 4.79 Å². The molecular formula is C8H13NO. The Morgan fingerprint density at radius 2 is 2.40 bits per heavy atom. The third-order valence-electron chi connectivity index (χ3n) is 1.29. The molecule has 0 aromatic rings. The minimum absolute atomic E-state index is 0.0237. The molecule has 0 aromatic heterocycles. The molecule has 2 nitrogen and oxygen atoms in total. The Balaban J connectivity index is 3.62. The number of terminal acetylenes is 1. The Kier molecular flexibility index (Phi) is 4.61. The highest BCUT2D eigenvalue weighted by atomic mass is 16.1. The van der Waals surface area contributed by atoms with Gasteiger partial charge in [0, 0.05) is 0 Å².